The number of para-hydroxylation sites is 2. The average molecular weight is 620 g/mol. The van der Waals surface area contributed by atoms with Crippen molar-refractivity contribution >= 4 is 56.0 Å². The van der Waals surface area contributed by atoms with Crippen LogP contribution in [0.4, 0.5) is 5.69 Å². The summed E-state index contributed by atoms with van der Waals surface area (Å²) in [6.45, 7) is 5.36. The van der Waals surface area contributed by atoms with Crippen LogP contribution in [-0.4, -0.2) is 4.98 Å². The summed E-state index contributed by atoms with van der Waals surface area (Å²) in [6, 6.07) is 25.7. The van der Waals surface area contributed by atoms with Crippen molar-refractivity contribution in [3.05, 3.63) is 101 Å². The monoisotopic (exact) mass is 619 g/mol. The predicted molar refractivity (Wildman–Crippen MR) is 151 cm³/mol. The largest absolute Gasteiger partial charge is 1.00 e. The number of halogens is 1. The molecule has 1 aliphatic heterocycles. The summed E-state index contributed by atoms with van der Waals surface area (Å²) >= 11 is 3.62. The van der Waals surface area contributed by atoms with E-state index in [1.165, 1.54) is 42.3 Å². The molecule has 1 N–H and O–H groups in total. The molecule has 0 fully saturated rings. The van der Waals surface area contributed by atoms with Crippen LogP contribution in [0.1, 0.15) is 24.4 Å². The number of nitrogens with zero attached hydrogens (tertiary/aromatic N) is 2. The second-order valence-electron chi connectivity index (χ2n) is 8.49. The van der Waals surface area contributed by atoms with Gasteiger partial charge in [-0.3, -0.25) is 0 Å². The molecular formula is C30H26IN3S2. The average Bonchev–Trinajstić information content (AvgIpc) is 3.48. The van der Waals surface area contributed by atoms with E-state index in [1.807, 2.05) is 11.3 Å². The minimum Gasteiger partial charge on any atom is -1.00 e. The van der Waals surface area contributed by atoms with E-state index in [2.05, 4.69) is 115 Å². The van der Waals surface area contributed by atoms with Crippen LogP contribution in [0.5, 0.6) is 0 Å². The molecule has 5 aromatic rings. The van der Waals surface area contributed by atoms with Crippen molar-refractivity contribution < 1.29 is 28.5 Å². The number of thiazole rings is 1. The quantitative estimate of drug-likeness (QED) is 0.220. The molecule has 3 nitrogen and oxygen atoms in total. The first kappa shape index (κ1) is 25.0. The molecule has 0 atom stereocenters. The Morgan fingerprint density at radius 2 is 1.78 bits per heavy atom. The molecule has 6 heteroatoms. The molecule has 0 saturated heterocycles. The fourth-order valence-electron chi connectivity index (χ4n) is 4.69. The van der Waals surface area contributed by atoms with Crippen molar-refractivity contribution in [1.82, 2.24) is 4.98 Å². The van der Waals surface area contributed by atoms with E-state index >= 15 is 0 Å². The highest BCUT2D eigenvalue weighted by Crippen LogP contribution is 2.40. The molecule has 0 radical (unpaired) electrons. The van der Waals surface area contributed by atoms with Crippen LogP contribution in [-0.2, 0) is 13.0 Å². The van der Waals surface area contributed by atoms with Gasteiger partial charge in [-0.2, -0.15) is 4.57 Å². The van der Waals surface area contributed by atoms with Gasteiger partial charge in [0.25, 0.3) is 5.01 Å². The summed E-state index contributed by atoms with van der Waals surface area (Å²) in [4.78, 5) is 6.35. The molecule has 0 aliphatic carbocycles. The normalized spacial score (nSPS) is 13.9. The fourth-order valence-corrected chi connectivity index (χ4v) is 6.76. The van der Waals surface area contributed by atoms with Gasteiger partial charge in [-0.25, -0.2) is 4.98 Å². The van der Waals surface area contributed by atoms with Gasteiger partial charge in [0, 0.05) is 16.4 Å². The molecule has 36 heavy (non-hydrogen) atoms. The SMILES string of the molecule is CCc1ccc2sc(C=CC=C3Nc4ccccc4S3)[n+](CC)c2c1-c1ccc2ccccc2n1.[I-]. The molecule has 1 aliphatic rings. The summed E-state index contributed by atoms with van der Waals surface area (Å²) < 4.78 is 3.73. The van der Waals surface area contributed by atoms with Crippen molar-refractivity contribution in [3.63, 3.8) is 0 Å². The van der Waals surface area contributed by atoms with Crippen LogP contribution in [0, 0.1) is 0 Å². The second kappa shape index (κ2) is 10.7. The van der Waals surface area contributed by atoms with E-state index in [1.54, 1.807) is 11.8 Å². The van der Waals surface area contributed by atoms with Gasteiger partial charge in [0.2, 0.25) is 5.52 Å². The van der Waals surface area contributed by atoms with Gasteiger partial charge in [-0.05, 0) is 55.3 Å². The van der Waals surface area contributed by atoms with E-state index in [9.17, 15) is 0 Å². The minimum absolute atomic E-state index is 0. The fraction of sp³-hybridized carbons (Fsp3) is 0.133. The molecule has 3 aromatic carbocycles. The number of nitrogens with one attached hydrogen (secondary N) is 1. The lowest BCUT2D eigenvalue weighted by molar-refractivity contribution is -0.664. The number of fused-ring (bicyclic) bond motifs is 3. The first-order valence-corrected chi connectivity index (χ1v) is 13.6. The molecule has 0 saturated carbocycles. The molecule has 3 heterocycles. The molecule has 0 bridgehead atoms. The number of rotatable bonds is 5. The zero-order chi connectivity index (χ0) is 23.8. The number of hydrogen-bond donors (Lipinski definition) is 1. The maximum absolute atomic E-state index is 5.08. The first-order valence-electron chi connectivity index (χ1n) is 12.0. The lowest BCUT2D eigenvalue weighted by Gasteiger charge is -2.08. The Balaban J connectivity index is 0.00000267. The summed E-state index contributed by atoms with van der Waals surface area (Å²) in [5.41, 5.74) is 7.15. The highest BCUT2D eigenvalue weighted by molar-refractivity contribution is 8.03. The van der Waals surface area contributed by atoms with Crippen molar-refractivity contribution in [1.29, 1.82) is 0 Å². The van der Waals surface area contributed by atoms with E-state index in [0.29, 0.717) is 0 Å². The summed E-state index contributed by atoms with van der Waals surface area (Å²) in [5, 5.41) is 7.07. The Bertz CT molecular complexity index is 1610. The highest BCUT2D eigenvalue weighted by atomic mass is 127. The maximum Gasteiger partial charge on any atom is 0.262 e. The van der Waals surface area contributed by atoms with Crippen LogP contribution >= 0.6 is 23.1 Å². The van der Waals surface area contributed by atoms with Crippen LogP contribution in [0.15, 0.2) is 94.9 Å². The number of hydrogen-bond acceptors (Lipinski definition) is 4. The van der Waals surface area contributed by atoms with Crippen LogP contribution < -0.4 is 33.9 Å². The summed E-state index contributed by atoms with van der Waals surface area (Å²) in [5.74, 6) is 0. The van der Waals surface area contributed by atoms with Crippen LogP contribution in [0.25, 0.3) is 38.5 Å². The number of allylic oxidation sites excluding steroid dienone is 2. The Morgan fingerprint density at radius 1 is 0.944 bits per heavy atom. The molecule has 0 spiro atoms. The van der Waals surface area contributed by atoms with Gasteiger partial charge in [-0.15, -0.1) is 0 Å². The highest BCUT2D eigenvalue weighted by Gasteiger charge is 2.24. The second-order valence-corrected chi connectivity index (χ2v) is 10.6. The number of aromatic nitrogens is 2. The van der Waals surface area contributed by atoms with Crippen LogP contribution in [0.2, 0.25) is 0 Å². The zero-order valence-electron chi connectivity index (χ0n) is 20.2. The molecule has 0 amide bonds. The molecular weight excluding hydrogens is 593 g/mol. The maximum atomic E-state index is 5.08. The third kappa shape index (κ3) is 4.58. The minimum atomic E-state index is 0. The van der Waals surface area contributed by atoms with Gasteiger partial charge in [-0.1, -0.05) is 78.6 Å². The molecule has 0 unspecified atom stereocenters. The van der Waals surface area contributed by atoms with Crippen molar-refractivity contribution in [2.45, 2.75) is 31.7 Å². The Hall–Kier alpha value is -2.68. The van der Waals surface area contributed by atoms with Gasteiger partial charge in [0.1, 0.15) is 11.2 Å². The van der Waals surface area contributed by atoms with Crippen molar-refractivity contribution in [2.75, 3.05) is 5.32 Å². The Morgan fingerprint density at radius 3 is 2.61 bits per heavy atom. The number of benzene rings is 3. The van der Waals surface area contributed by atoms with Gasteiger partial charge >= 0.3 is 0 Å². The van der Waals surface area contributed by atoms with E-state index in [0.717, 1.165) is 29.2 Å². The summed E-state index contributed by atoms with van der Waals surface area (Å²) in [7, 11) is 0. The zero-order valence-corrected chi connectivity index (χ0v) is 24.0. The summed E-state index contributed by atoms with van der Waals surface area (Å²) in [6.07, 6.45) is 7.53. The predicted octanol–water partition coefficient (Wildman–Crippen LogP) is 5.06. The standard InChI is InChI=1S/C30H25N3S2.HI/c1-3-20-17-19-26-30(29(20)24-18-16-21-10-5-6-11-22(21)31-24)33(4-2)28(35-26)15-9-14-27-32-23-12-7-8-13-25(23)34-27;/h5-19H,3-4H2,1-2H3;1H. The van der Waals surface area contributed by atoms with E-state index in [4.69, 9.17) is 4.98 Å². The lowest BCUT2D eigenvalue weighted by Crippen LogP contribution is -3.00. The van der Waals surface area contributed by atoms with Gasteiger partial charge < -0.3 is 29.3 Å². The number of aryl methyl sites for hydroxylation is 2. The third-order valence-corrected chi connectivity index (χ3v) is 8.53. The molecule has 2 aromatic heterocycles. The smallest absolute Gasteiger partial charge is 0.262 e. The van der Waals surface area contributed by atoms with E-state index in [-0.39, 0.29) is 24.0 Å². The van der Waals surface area contributed by atoms with Crippen molar-refractivity contribution in [2.24, 2.45) is 0 Å². The van der Waals surface area contributed by atoms with E-state index < -0.39 is 0 Å². The lowest BCUT2D eigenvalue weighted by atomic mass is 9.99. The third-order valence-electron chi connectivity index (χ3n) is 6.38. The molecule has 180 valence electrons. The number of thioether (sulfide) groups is 1. The molecule has 6 rings (SSSR count). The van der Waals surface area contributed by atoms with Gasteiger partial charge in [0.15, 0.2) is 0 Å². The van der Waals surface area contributed by atoms with Crippen LogP contribution in [0.3, 0.4) is 0 Å². The Kier molecular flexibility index (Phi) is 7.46. The van der Waals surface area contributed by atoms with Crippen molar-refractivity contribution in [3.8, 4) is 11.3 Å². The van der Waals surface area contributed by atoms with Gasteiger partial charge in [0.05, 0.1) is 27.5 Å². The number of pyridine rings is 1. The number of anilines is 1. The first-order chi connectivity index (χ1) is 17.2. The topological polar surface area (TPSA) is 28.8 Å². The Labute approximate surface area is 237 Å².